The maximum Gasteiger partial charge on any atom is 0.412 e. The lowest BCUT2D eigenvalue weighted by Gasteiger charge is -2.20. The standard InChI is InChI=1S/C15H22N2O4/c1-9-7-10(8-11(16)13(18)19)5-6-12(9)17-14(20)21-15(2,3)4/h5-7,11H,8,16H2,1-4H3,(H,17,20)(H,18,19). The number of nitrogens with two attached hydrogens (primary N) is 1. The van der Waals surface area contributed by atoms with E-state index in [1.165, 1.54) is 0 Å². The maximum absolute atomic E-state index is 11.7. The second kappa shape index (κ2) is 6.58. The minimum absolute atomic E-state index is 0.239. The van der Waals surface area contributed by atoms with Crippen LogP contribution in [0.3, 0.4) is 0 Å². The summed E-state index contributed by atoms with van der Waals surface area (Å²) >= 11 is 0. The Bertz CT molecular complexity index is 535. The molecular weight excluding hydrogens is 272 g/mol. The van der Waals surface area contributed by atoms with Crippen LogP contribution in [0.1, 0.15) is 31.9 Å². The zero-order valence-corrected chi connectivity index (χ0v) is 12.8. The van der Waals surface area contributed by atoms with Gasteiger partial charge in [-0.2, -0.15) is 0 Å². The zero-order valence-electron chi connectivity index (χ0n) is 12.8. The Balaban J connectivity index is 2.75. The van der Waals surface area contributed by atoms with Gasteiger partial charge in [-0.25, -0.2) is 4.79 Å². The summed E-state index contributed by atoms with van der Waals surface area (Å²) in [5.41, 5.74) is 7.17. The van der Waals surface area contributed by atoms with E-state index in [0.717, 1.165) is 11.1 Å². The molecule has 4 N–H and O–H groups in total. The van der Waals surface area contributed by atoms with Crippen molar-refractivity contribution >= 4 is 17.7 Å². The summed E-state index contributed by atoms with van der Waals surface area (Å²) in [6.07, 6.45) is -0.288. The van der Waals surface area contributed by atoms with Crippen LogP contribution in [-0.2, 0) is 16.0 Å². The number of carboxylic acid groups (broad SMARTS) is 1. The predicted molar refractivity (Wildman–Crippen MR) is 80.4 cm³/mol. The van der Waals surface area contributed by atoms with Crippen LogP contribution < -0.4 is 11.1 Å². The van der Waals surface area contributed by atoms with Gasteiger partial charge in [0.2, 0.25) is 0 Å². The summed E-state index contributed by atoms with van der Waals surface area (Å²) in [5, 5.41) is 11.5. The van der Waals surface area contributed by atoms with E-state index in [4.69, 9.17) is 15.6 Å². The first kappa shape index (κ1) is 17.0. The Morgan fingerprint density at radius 2 is 2.00 bits per heavy atom. The highest BCUT2D eigenvalue weighted by Crippen LogP contribution is 2.19. The molecule has 0 bridgehead atoms. The van der Waals surface area contributed by atoms with Gasteiger partial charge in [0, 0.05) is 5.69 Å². The van der Waals surface area contributed by atoms with Gasteiger partial charge in [-0.05, 0) is 51.3 Å². The highest BCUT2D eigenvalue weighted by atomic mass is 16.6. The lowest BCUT2D eigenvalue weighted by Crippen LogP contribution is -2.32. The smallest absolute Gasteiger partial charge is 0.412 e. The first-order chi connectivity index (χ1) is 9.58. The van der Waals surface area contributed by atoms with Gasteiger partial charge in [-0.1, -0.05) is 12.1 Å². The fourth-order valence-corrected chi connectivity index (χ4v) is 1.75. The summed E-state index contributed by atoms with van der Waals surface area (Å²) < 4.78 is 5.18. The van der Waals surface area contributed by atoms with Crippen LogP contribution in [0.2, 0.25) is 0 Å². The molecule has 0 aliphatic rings. The molecular formula is C15H22N2O4. The molecule has 0 saturated heterocycles. The molecule has 0 saturated carbocycles. The quantitative estimate of drug-likeness (QED) is 0.790. The van der Waals surface area contributed by atoms with Crippen LogP contribution in [0.5, 0.6) is 0 Å². The molecule has 1 unspecified atom stereocenters. The molecule has 0 fully saturated rings. The summed E-state index contributed by atoms with van der Waals surface area (Å²) in [7, 11) is 0. The molecule has 1 amide bonds. The molecule has 0 radical (unpaired) electrons. The van der Waals surface area contributed by atoms with Crippen molar-refractivity contribution in [1.29, 1.82) is 0 Å². The number of hydrogen-bond donors (Lipinski definition) is 3. The Labute approximate surface area is 124 Å². The first-order valence-corrected chi connectivity index (χ1v) is 6.66. The first-order valence-electron chi connectivity index (χ1n) is 6.66. The van der Waals surface area contributed by atoms with Gasteiger partial charge < -0.3 is 15.6 Å². The van der Waals surface area contributed by atoms with Gasteiger partial charge >= 0.3 is 12.1 Å². The molecule has 0 heterocycles. The normalized spacial score (nSPS) is 12.6. The number of aryl methyl sites for hydroxylation is 1. The van der Waals surface area contributed by atoms with Crippen LogP contribution in [0.4, 0.5) is 10.5 Å². The van der Waals surface area contributed by atoms with E-state index in [1.807, 2.05) is 6.92 Å². The van der Waals surface area contributed by atoms with Crippen LogP contribution in [-0.4, -0.2) is 28.8 Å². The molecule has 0 spiro atoms. The number of ether oxygens (including phenoxy) is 1. The van der Waals surface area contributed by atoms with Crippen LogP contribution >= 0.6 is 0 Å². The highest BCUT2D eigenvalue weighted by Gasteiger charge is 2.17. The molecule has 1 rings (SSSR count). The van der Waals surface area contributed by atoms with Crippen LogP contribution in [0.25, 0.3) is 0 Å². The molecule has 1 aromatic carbocycles. The van der Waals surface area contributed by atoms with Crippen molar-refractivity contribution < 1.29 is 19.4 Å². The Morgan fingerprint density at radius 1 is 1.38 bits per heavy atom. The maximum atomic E-state index is 11.7. The third-order valence-corrected chi connectivity index (χ3v) is 2.70. The lowest BCUT2D eigenvalue weighted by molar-refractivity contribution is -0.138. The second-order valence-electron chi connectivity index (χ2n) is 5.93. The minimum atomic E-state index is -1.04. The van der Waals surface area contributed by atoms with Crippen molar-refractivity contribution in [2.45, 2.75) is 45.8 Å². The van der Waals surface area contributed by atoms with Crippen molar-refractivity contribution in [3.8, 4) is 0 Å². The fraction of sp³-hybridized carbons (Fsp3) is 0.467. The summed E-state index contributed by atoms with van der Waals surface area (Å²) in [6, 6.07) is 4.32. The van der Waals surface area contributed by atoms with Gasteiger partial charge in [0.25, 0.3) is 0 Å². The number of nitrogens with one attached hydrogen (secondary N) is 1. The third kappa shape index (κ3) is 5.83. The molecule has 6 heteroatoms. The molecule has 1 aromatic rings. The average Bonchev–Trinajstić information content (AvgIpc) is 2.30. The van der Waals surface area contributed by atoms with Crippen molar-refractivity contribution in [2.24, 2.45) is 5.73 Å². The van der Waals surface area contributed by atoms with Gasteiger partial charge in [-0.3, -0.25) is 10.1 Å². The Kier molecular flexibility index (Phi) is 5.32. The van der Waals surface area contributed by atoms with E-state index in [2.05, 4.69) is 5.32 Å². The van der Waals surface area contributed by atoms with E-state index < -0.39 is 23.7 Å². The molecule has 0 aliphatic heterocycles. The minimum Gasteiger partial charge on any atom is -0.480 e. The third-order valence-electron chi connectivity index (χ3n) is 2.70. The van der Waals surface area contributed by atoms with Crippen molar-refractivity contribution in [3.63, 3.8) is 0 Å². The van der Waals surface area contributed by atoms with E-state index in [-0.39, 0.29) is 6.42 Å². The summed E-state index contributed by atoms with van der Waals surface area (Å²) in [6.45, 7) is 7.18. The van der Waals surface area contributed by atoms with Crippen molar-refractivity contribution in [1.82, 2.24) is 0 Å². The second-order valence-corrected chi connectivity index (χ2v) is 5.93. The van der Waals surface area contributed by atoms with Gasteiger partial charge in [0.1, 0.15) is 11.6 Å². The van der Waals surface area contributed by atoms with E-state index >= 15 is 0 Å². The number of hydrogen-bond acceptors (Lipinski definition) is 4. The number of carbonyl (C=O) groups excluding carboxylic acids is 1. The van der Waals surface area contributed by atoms with Gasteiger partial charge in [0.05, 0.1) is 0 Å². The number of benzene rings is 1. The summed E-state index contributed by atoms with van der Waals surface area (Å²) in [4.78, 5) is 22.4. The summed E-state index contributed by atoms with van der Waals surface area (Å²) in [5.74, 6) is -1.04. The predicted octanol–water partition coefficient (Wildman–Crippen LogP) is 2.30. The molecule has 21 heavy (non-hydrogen) atoms. The molecule has 0 aromatic heterocycles. The number of amides is 1. The zero-order chi connectivity index (χ0) is 16.2. The fourth-order valence-electron chi connectivity index (χ4n) is 1.75. The monoisotopic (exact) mass is 294 g/mol. The van der Waals surface area contributed by atoms with E-state index in [9.17, 15) is 9.59 Å². The number of rotatable bonds is 4. The van der Waals surface area contributed by atoms with Crippen LogP contribution in [0, 0.1) is 6.92 Å². The van der Waals surface area contributed by atoms with Crippen molar-refractivity contribution in [3.05, 3.63) is 29.3 Å². The Hall–Kier alpha value is -2.08. The van der Waals surface area contributed by atoms with E-state index in [1.54, 1.807) is 39.0 Å². The van der Waals surface area contributed by atoms with E-state index in [0.29, 0.717) is 5.69 Å². The number of aliphatic carboxylic acids is 1. The number of anilines is 1. The number of carbonyl (C=O) groups is 2. The number of carboxylic acids is 1. The largest absolute Gasteiger partial charge is 0.480 e. The molecule has 6 nitrogen and oxygen atoms in total. The SMILES string of the molecule is Cc1cc(CC(N)C(=O)O)ccc1NC(=O)OC(C)(C)C. The molecule has 0 aliphatic carbocycles. The van der Waals surface area contributed by atoms with Crippen molar-refractivity contribution in [2.75, 3.05) is 5.32 Å². The van der Waals surface area contributed by atoms with Crippen LogP contribution in [0.15, 0.2) is 18.2 Å². The average molecular weight is 294 g/mol. The molecule has 116 valence electrons. The van der Waals surface area contributed by atoms with Gasteiger partial charge in [0.15, 0.2) is 0 Å². The Morgan fingerprint density at radius 3 is 2.48 bits per heavy atom. The molecule has 1 atom stereocenters. The lowest BCUT2D eigenvalue weighted by atomic mass is 10.0. The van der Waals surface area contributed by atoms with Gasteiger partial charge in [-0.15, -0.1) is 0 Å². The highest BCUT2D eigenvalue weighted by molar-refractivity contribution is 5.86. The topological polar surface area (TPSA) is 102 Å².